The van der Waals surface area contributed by atoms with E-state index in [9.17, 15) is 22.4 Å². The lowest BCUT2D eigenvalue weighted by molar-refractivity contribution is -0.137. The molecule has 0 radical (unpaired) electrons. The van der Waals surface area contributed by atoms with Crippen LogP contribution >= 0.6 is 11.6 Å². The van der Waals surface area contributed by atoms with Gasteiger partial charge in [0.25, 0.3) is 5.91 Å². The van der Waals surface area contributed by atoms with Gasteiger partial charge in [-0.3, -0.25) is 14.7 Å². The van der Waals surface area contributed by atoms with E-state index in [1.807, 2.05) is 0 Å². The number of carbonyl (C=O) groups excluding carboxylic acids is 1. The molecule has 1 aliphatic heterocycles. The normalized spacial score (nSPS) is 14.1. The number of nitrogens with zero attached hydrogens (tertiary/aromatic N) is 3. The Morgan fingerprint density at radius 3 is 2.55 bits per heavy atom. The van der Waals surface area contributed by atoms with Gasteiger partial charge >= 0.3 is 6.18 Å². The molecule has 0 spiro atoms. The van der Waals surface area contributed by atoms with E-state index in [-0.39, 0.29) is 17.0 Å². The molecule has 1 aromatic heterocycles. The summed E-state index contributed by atoms with van der Waals surface area (Å²) < 4.78 is 59.8. The smallest absolute Gasteiger partial charge is 0.417 e. The molecular weight excluding hydrogens is 524 g/mol. The number of anilines is 1. The van der Waals surface area contributed by atoms with Crippen molar-refractivity contribution in [1.29, 1.82) is 0 Å². The van der Waals surface area contributed by atoms with Crippen LogP contribution in [-0.2, 0) is 12.7 Å². The number of nitrogens with one attached hydrogen (secondary N) is 1. The zero-order valence-electron chi connectivity index (χ0n) is 19.9. The fraction of sp³-hybridized carbons (Fsp3) is 0.222. The van der Waals surface area contributed by atoms with Crippen LogP contribution in [0.15, 0.2) is 60.8 Å². The molecule has 0 atom stereocenters. The second kappa shape index (κ2) is 10.5. The summed E-state index contributed by atoms with van der Waals surface area (Å²) >= 11 is 5.60. The van der Waals surface area contributed by atoms with Gasteiger partial charge in [-0.2, -0.15) is 13.2 Å². The third-order valence-electron chi connectivity index (χ3n) is 6.10. The van der Waals surface area contributed by atoms with Crippen molar-refractivity contribution < 1.29 is 27.1 Å². The first kappa shape index (κ1) is 25.9. The topological polar surface area (TPSA) is 67.3 Å². The van der Waals surface area contributed by atoms with E-state index in [0.29, 0.717) is 29.4 Å². The van der Waals surface area contributed by atoms with Crippen LogP contribution in [0.4, 0.5) is 23.2 Å². The first-order chi connectivity index (χ1) is 18.2. The molecule has 0 aliphatic carbocycles. The van der Waals surface area contributed by atoms with Gasteiger partial charge in [0.1, 0.15) is 5.75 Å². The summed E-state index contributed by atoms with van der Waals surface area (Å²) in [5.74, 6) is -1.38. The van der Waals surface area contributed by atoms with Crippen molar-refractivity contribution in [1.82, 2.24) is 14.9 Å². The van der Waals surface area contributed by atoms with Gasteiger partial charge in [-0.15, -0.1) is 0 Å². The van der Waals surface area contributed by atoms with E-state index >= 15 is 0 Å². The molecule has 5 rings (SSSR count). The third kappa shape index (κ3) is 5.87. The predicted molar refractivity (Wildman–Crippen MR) is 135 cm³/mol. The summed E-state index contributed by atoms with van der Waals surface area (Å²) in [6.45, 7) is 2.78. The Kier molecular flexibility index (Phi) is 7.18. The number of hydrogen-bond donors (Lipinski definition) is 1. The van der Waals surface area contributed by atoms with Gasteiger partial charge in [-0.05, 0) is 68.4 Å². The van der Waals surface area contributed by atoms with Crippen LogP contribution in [-0.4, -0.2) is 33.9 Å². The Labute approximate surface area is 220 Å². The van der Waals surface area contributed by atoms with Crippen LogP contribution in [0.25, 0.3) is 11.0 Å². The standard InChI is InChI=1S/C27H21ClF4N4O2/c28-21-6-3-16(11-20(21)27(30,31)32)26(37)35-17-4-8-25(22(29)12-17)38-19-5-7-23-24(13-19)34-18(14-33-23)15-36-9-1-2-10-36/h3-8,11-14H,1-2,9-10,15H2,(H,35,37). The number of amides is 1. The molecule has 2 heterocycles. The summed E-state index contributed by atoms with van der Waals surface area (Å²) in [5, 5.41) is 1.86. The molecule has 0 bridgehead atoms. The van der Waals surface area contributed by atoms with Crippen LogP contribution in [0.5, 0.6) is 11.5 Å². The van der Waals surface area contributed by atoms with Crippen molar-refractivity contribution in [3.05, 3.63) is 88.5 Å². The predicted octanol–water partition coefficient (Wildman–Crippen LogP) is 7.08. The second-order valence-electron chi connectivity index (χ2n) is 8.89. The van der Waals surface area contributed by atoms with Gasteiger partial charge in [-0.25, -0.2) is 9.37 Å². The lowest BCUT2D eigenvalue weighted by atomic mass is 10.1. The Bertz CT molecular complexity index is 1510. The Hall–Kier alpha value is -3.76. The molecule has 196 valence electrons. The number of fused-ring (bicyclic) bond motifs is 1. The van der Waals surface area contributed by atoms with E-state index in [4.69, 9.17) is 16.3 Å². The highest BCUT2D eigenvalue weighted by Crippen LogP contribution is 2.35. The molecular formula is C27H21ClF4N4O2. The third-order valence-corrected chi connectivity index (χ3v) is 6.43. The van der Waals surface area contributed by atoms with Crippen LogP contribution in [0.3, 0.4) is 0 Å². The van der Waals surface area contributed by atoms with E-state index < -0.39 is 28.5 Å². The Balaban J connectivity index is 1.29. The molecule has 0 saturated carbocycles. The van der Waals surface area contributed by atoms with E-state index in [1.54, 1.807) is 24.4 Å². The van der Waals surface area contributed by atoms with Crippen molar-refractivity contribution in [2.45, 2.75) is 25.6 Å². The van der Waals surface area contributed by atoms with Crippen molar-refractivity contribution in [3.8, 4) is 11.5 Å². The maximum absolute atomic E-state index is 14.8. The number of halogens is 5. The highest BCUT2D eigenvalue weighted by Gasteiger charge is 2.33. The van der Waals surface area contributed by atoms with Crippen LogP contribution in [0, 0.1) is 5.82 Å². The van der Waals surface area contributed by atoms with Crippen molar-refractivity contribution >= 4 is 34.2 Å². The lowest BCUT2D eigenvalue weighted by Gasteiger charge is -2.14. The van der Waals surface area contributed by atoms with Gasteiger partial charge < -0.3 is 10.1 Å². The van der Waals surface area contributed by atoms with Crippen molar-refractivity contribution in [2.75, 3.05) is 18.4 Å². The number of rotatable bonds is 6. The summed E-state index contributed by atoms with van der Waals surface area (Å²) in [6, 6.07) is 11.5. The Morgan fingerprint density at radius 2 is 1.82 bits per heavy atom. The SMILES string of the molecule is O=C(Nc1ccc(Oc2ccc3ncc(CN4CCCC4)nc3c2)c(F)c1)c1ccc(Cl)c(C(F)(F)F)c1. The van der Waals surface area contributed by atoms with Crippen molar-refractivity contribution in [2.24, 2.45) is 0 Å². The molecule has 1 N–H and O–H groups in total. The van der Waals surface area contributed by atoms with E-state index in [0.717, 1.165) is 37.0 Å². The number of likely N-dealkylation sites (tertiary alicyclic amines) is 1. The fourth-order valence-corrected chi connectivity index (χ4v) is 4.44. The molecule has 3 aromatic carbocycles. The number of aromatic nitrogens is 2. The molecule has 38 heavy (non-hydrogen) atoms. The average molecular weight is 545 g/mol. The van der Waals surface area contributed by atoms with E-state index in [2.05, 4.69) is 20.2 Å². The molecule has 4 aromatic rings. The first-order valence-corrected chi connectivity index (χ1v) is 12.2. The van der Waals surface area contributed by atoms with Crippen molar-refractivity contribution in [3.63, 3.8) is 0 Å². The Morgan fingerprint density at radius 1 is 1.03 bits per heavy atom. The minimum atomic E-state index is -4.72. The maximum Gasteiger partial charge on any atom is 0.417 e. The van der Waals surface area contributed by atoms with Gasteiger partial charge in [0.15, 0.2) is 11.6 Å². The highest BCUT2D eigenvalue weighted by molar-refractivity contribution is 6.31. The van der Waals surface area contributed by atoms with E-state index in [1.165, 1.54) is 25.0 Å². The monoisotopic (exact) mass is 544 g/mol. The summed E-state index contributed by atoms with van der Waals surface area (Å²) in [4.78, 5) is 23.9. The van der Waals surface area contributed by atoms with Crippen LogP contribution in [0.1, 0.15) is 34.5 Å². The van der Waals surface area contributed by atoms with Crippen LogP contribution in [0.2, 0.25) is 5.02 Å². The molecule has 1 fully saturated rings. The minimum Gasteiger partial charge on any atom is -0.454 e. The zero-order valence-corrected chi connectivity index (χ0v) is 20.6. The minimum absolute atomic E-state index is 0.0410. The maximum atomic E-state index is 14.8. The molecule has 1 amide bonds. The van der Waals surface area contributed by atoms with Gasteiger partial charge in [0.05, 0.1) is 33.5 Å². The summed E-state index contributed by atoms with van der Waals surface area (Å²) in [6.07, 6.45) is -0.621. The molecule has 11 heteroatoms. The van der Waals surface area contributed by atoms with Gasteiger partial charge in [0.2, 0.25) is 0 Å². The van der Waals surface area contributed by atoms with Gasteiger partial charge in [0, 0.05) is 29.9 Å². The fourth-order valence-electron chi connectivity index (χ4n) is 4.21. The quantitative estimate of drug-likeness (QED) is 0.263. The largest absolute Gasteiger partial charge is 0.454 e. The molecule has 6 nitrogen and oxygen atoms in total. The lowest BCUT2D eigenvalue weighted by Crippen LogP contribution is -2.19. The van der Waals surface area contributed by atoms with Gasteiger partial charge in [-0.1, -0.05) is 11.6 Å². The average Bonchev–Trinajstić information content (AvgIpc) is 3.38. The number of hydrogen-bond acceptors (Lipinski definition) is 5. The van der Waals surface area contributed by atoms with Crippen LogP contribution < -0.4 is 10.1 Å². The first-order valence-electron chi connectivity index (χ1n) is 11.8. The molecule has 0 unspecified atom stereocenters. The second-order valence-corrected chi connectivity index (χ2v) is 9.30. The summed E-state index contributed by atoms with van der Waals surface area (Å²) in [5.41, 5.74) is 0.764. The summed E-state index contributed by atoms with van der Waals surface area (Å²) in [7, 11) is 0. The number of alkyl halides is 3. The molecule has 1 saturated heterocycles. The zero-order chi connectivity index (χ0) is 26.9. The highest BCUT2D eigenvalue weighted by atomic mass is 35.5. The number of carbonyl (C=O) groups is 1. The number of benzene rings is 3. The number of ether oxygens (including phenoxy) is 1. The molecule has 1 aliphatic rings.